The van der Waals surface area contributed by atoms with Crippen LogP contribution in [0.15, 0.2) is 18.2 Å². The summed E-state index contributed by atoms with van der Waals surface area (Å²) >= 11 is 0. The number of aldehydes is 1. The first-order chi connectivity index (χ1) is 8.24. The van der Waals surface area contributed by atoms with Crippen molar-refractivity contribution in [2.24, 2.45) is 5.92 Å². The zero-order valence-corrected chi connectivity index (χ0v) is 10.2. The van der Waals surface area contributed by atoms with Gasteiger partial charge in [0.25, 0.3) is 0 Å². The summed E-state index contributed by atoms with van der Waals surface area (Å²) in [4.78, 5) is 13.2. The number of carbonyl (C=O) groups excluding carboxylic acids is 1. The quantitative estimate of drug-likeness (QED) is 0.749. The van der Waals surface area contributed by atoms with Gasteiger partial charge in [-0.25, -0.2) is 4.39 Å². The number of rotatable bonds is 3. The van der Waals surface area contributed by atoms with E-state index in [1.807, 2.05) is 0 Å². The summed E-state index contributed by atoms with van der Waals surface area (Å²) < 4.78 is 13.1. The van der Waals surface area contributed by atoms with Gasteiger partial charge in [0, 0.05) is 24.3 Å². The molecule has 1 unspecified atom stereocenters. The van der Waals surface area contributed by atoms with Crippen LogP contribution < -0.4 is 4.90 Å². The van der Waals surface area contributed by atoms with Crippen molar-refractivity contribution in [3.63, 3.8) is 0 Å². The van der Waals surface area contributed by atoms with Crippen molar-refractivity contribution < 1.29 is 9.18 Å². The van der Waals surface area contributed by atoms with Crippen LogP contribution in [0.4, 0.5) is 10.1 Å². The molecule has 0 amide bonds. The lowest BCUT2D eigenvalue weighted by Crippen LogP contribution is -2.35. The minimum atomic E-state index is -0.347. The van der Waals surface area contributed by atoms with Gasteiger partial charge >= 0.3 is 0 Å². The van der Waals surface area contributed by atoms with E-state index in [1.54, 1.807) is 6.07 Å². The molecule has 1 aliphatic rings. The van der Waals surface area contributed by atoms with E-state index in [0.717, 1.165) is 37.9 Å². The molecule has 0 radical (unpaired) electrons. The fourth-order valence-corrected chi connectivity index (χ4v) is 2.52. The van der Waals surface area contributed by atoms with Crippen LogP contribution in [0.5, 0.6) is 0 Å². The summed E-state index contributed by atoms with van der Waals surface area (Å²) in [5.41, 5.74) is 1.33. The molecule has 0 aromatic heterocycles. The SMILES string of the molecule is CCC1CCCN(c2ccc(F)cc2C=O)C1. The molecule has 1 saturated heterocycles. The van der Waals surface area contributed by atoms with Gasteiger partial charge in [-0.15, -0.1) is 0 Å². The van der Waals surface area contributed by atoms with E-state index in [0.29, 0.717) is 11.5 Å². The number of nitrogens with zero attached hydrogens (tertiary/aromatic N) is 1. The van der Waals surface area contributed by atoms with Crippen LogP contribution >= 0.6 is 0 Å². The highest BCUT2D eigenvalue weighted by molar-refractivity contribution is 5.84. The highest BCUT2D eigenvalue weighted by Crippen LogP contribution is 2.27. The number of carbonyl (C=O) groups is 1. The molecule has 1 aromatic rings. The molecule has 0 bridgehead atoms. The number of halogens is 1. The van der Waals surface area contributed by atoms with E-state index in [2.05, 4.69) is 11.8 Å². The maximum Gasteiger partial charge on any atom is 0.152 e. The normalized spacial score (nSPS) is 20.4. The van der Waals surface area contributed by atoms with Crippen LogP contribution in [0, 0.1) is 11.7 Å². The Bertz CT molecular complexity index is 405. The average molecular weight is 235 g/mol. The van der Waals surface area contributed by atoms with Crippen molar-refractivity contribution in [3.05, 3.63) is 29.6 Å². The Kier molecular flexibility index (Phi) is 3.77. The Morgan fingerprint density at radius 1 is 1.53 bits per heavy atom. The smallest absolute Gasteiger partial charge is 0.152 e. The Labute approximate surface area is 101 Å². The van der Waals surface area contributed by atoms with Crippen molar-refractivity contribution in [1.29, 1.82) is 0 Å². The zero-order chi connectivity index (χ0) is 12.3. The molecule has 1 atom stereocenters. The fraction of sp³-hybridized carbons (Fsp3) is 0.500. The van der Waals surface area contributed by atoms with E-state index in [4.69, 9.17) is 0 Å². The number of hydrogen-bond acceptors (Lipinski definition) is 2. The maximum atomic E-state index is 13.1. The lowest BCUT2D eigenvalue weighted by atomic mass is 9.95. The molecule has 1 fully saturated rings. The summed E-state index contributed by atoms with van der Waals surface area (Å²) in [6, 6.07) is 4.47. The van der Waals surface area contributed by atoms with Gasteiger partial charge in [0.05, 0.1) is 0 Å². The van der Waals surface area contributed by atoms with Crippen molar-refractivity contribution in [1.82, 2.24) is 0 Å². The molecule has 92 valence electrons. The first-order valence-electron chi connectivity index (χ1n) is 6.24. The minimum Gasteiger partial charge on any atom is -0.371 e. The number of hydrogen-bond donors (Lipinski definition) is 0. The number of benzene rings is 1. The third kappa shape index (κ3) is 2.65. The van der Waals surface area contributed by atoms with Crippen LogP contribution in [-0.2, 0) is 0 Å². The Balaban J connectivity index is 2.23. The summed E-state index contributed by atoms with van der Waals surface area (Å²) in [5, 5.41) is 0. The average Bonchev–Trinajstić information content (AvgIpc) is 2.38. The molecule has 2 rings (SSSR count). The third-order valence-corrected chi connectivity index (χ3v) is 3.55. The van der Waals surface area contributed by atoms with E-state index < -0.39 is 0 Å². The Morgan fingerprint density at radius 3 is 3.06 bits per heavy atom. The molecule has 0 N–H and O–H groups in total. The van der Waals surface area contributed by atoms with Gasteiger partial charge in [0.1, 0.15) is 5.82 Å². The maximum absolute atomic E-state index is 13.1. The molecule has 3 heteroatoms. The molecule has 1 heterocycles. The van der Waals surface area contributed by atoms with Gasteiger partial charge < -0.3 is 4.90 Å². The molecule has 0 spiro atoms. The van der Waals surface area contributed by atoms with E-state index in [9.17, 15) is 9.18 Å². The minimum absolute atomic E-state index is 0.347. The number of anilines is 1. The lowest BCUT2D eigenvalue weighted by molar-refractivity contribution is 0.112. The van der Waals surface area contributed by atoms with Gasteiger partial charge in [-0.1, -0.05) is 13.3 Å². The van der Waals surface area contributed by atoms with Gasteiger partial charge in [-0.2, -0.15) is 0 Å². The molecule has 0 aliphatic carbocycles. The predicted molar refractivity (Wildman–Crippen MR) is 67.0 cm³/mol. The van der Waals surface area contributed by atoms with Gasteiger partial charge in [0.15, 0.2) is 6.29 Å². The molecular weight excluding hydrogens is 217 g/mol. The molecule has 17 heavy (non-hydrogen) atoms. The van der Waals surface area contributed by atoms with Crippen LogP contribution in [0.3, 0.4) is 0 Å². The van der Waals surface area contributed by atoms with Crippen molar-refractivity contribution in [3.8, 4) is 0 Å². The second kappa shape index (κ2) is 5.30. The van der Waals surface area contributed by atoms with Crippen molar-refractivity contribution in [2.75, 3.05) is 18.0 Å². The molecule has 2 nitrogen and oxygen atoms in total. The van der Waals surface area contributed by atoms with Crippen molar-refractivity contribution >= 4 is 12.0 Å². The van der Waals surface area contributed by atoms with Gasteiger partial charge in [-0.3, -0.25) is 4.79 Å². The fourth-order valence-electron chi connectivity index (χ4n) is 2.52. The second-order valence-electron chi connectivity index (χ2n) is 4.68. The highest BCUT2D eigenvalue weighted by atomic mass is 19.1. The van der Waals surface area contributed by atoms with Gasteiger partial charge in [-0.05, 0) is 37.0 Å². The molecule has 0 saturated carbocycles. The Hall–Kier alpha value is -1.38. The van der Waals surface area contributed by atoms with Crippen LogP contribution in [0.1, 0.15) is 36.5 Å². The van der Waals surface area contributed by atoms with E-state index in [1.165, 1.54) is 18.6 Å². The van der Waals surface area contributed by atoms with Gasteiger partial charge in [0.2, 0.25) is 0 Å². The summed E-state index contributed by atoms with van der Waals surface area (Å²) in [6.07, 6.45) is 4.31. The molecule has 1 aromatic carbocycles. The van der Waals surface area contributed by atoms with Crippen LogP contribution in [0.25, 0.3) is 0 Å². The molecule has 1 aliphatic heterocycles. The summed E-state index contributed by atoms with van der Waals surface area (Å²) in [6.45, 7) is 4.13. The van der Waals surface area contributed by atoms with Crippen LogP contribution in [0.2, 0.25) is 0 Å². The molecular formula is C14H18FNO. The summed E-state index contributed by atoms with van der Waals surface area (Å²) in [5.74, 6) is 0.341. The zero-order valence-electron chi connectivity index (χ0n) is 10.2. The first-order valence-corrected chi connectivity index (χ1v) is 6.24. The van der Waals surface area contributed by atoms with E-state index >= 15 is 0 Å². The van der Waals surface area contributed by atoms with Crippen LogP contribution in [-0.4, -0.2) is 19.4 Å². The number of piperidine rings is 1. The highest BCUT2D eigenvalue weighted by Gasteiger charge is 2.20. The first kappa shape index (κ1) is 12.1. The second-order valence-corrected chi connectivity index (χ2v) is 4.68. The van der Waals surface area contributed by atoms with E-state index in [-0.39, 0.29) is 5.82 Å². The largest absolute Gasteiger partial charge is 0.371 e. The topological polar surface area (TPSA) is 20.3 Å². The lowest BCUT2D eigenvalue weighted by Gasteiger charge is -2.34. The standard InChI is InChI=1S/C14H18FNO/c1-2-11-4-3-7-16(9-11)14-6-5-13(15)8-12(14)10-17/h5-6,8,10-11H,2-4,7,9H2,1H3. The predicted octanol–water partition coefficient (Wildman–Crippen LogP) is 3.26. The van der Waals surface area contributed by atoms with Crippen molar-refractivity contribution in [2.45, 2.75) is 26.2 Å². The third-order valence-electron chi connectivity index (χ3n) is 3.55. The summed E-state index contributed by atoms with van der Waals surface area (Å²) in [7, 11) is 0. The monoisotopic (exact) mass is 235 g/mol. The Morgan fingerprint density at radius 2 is 2.35 bits per heavy atom.